The Hall–Kier alpha value is -4.27. The van der Waals surface area contributed by atoms with Gasteiger partial charge in [-0.05, 0) is 63.9 Å². The number of fused-ring (bicyclic) bond motifs is 2. The molecule has 37 heavy (non-hydrogen) atoms. The zero-order valence-electron chi connectivity index (χ0n) is 22.4. The second-order valence-corrected chi connectivity index (χ2v) is 9.57. The maximum Gasteiger partial charge on any atom is 0.273 e. The fraction of sp³-hybridized carbons (Fsp3) is 0.321. The van der Waals surface area contributed by atoms with Crippen molar-refractivity contribution in [2.24, 2.45) is 0 Å². The number of anilines is 1. The maximum absolute atomic E-state index is 13.9. The van der Waals surface area contributed by atoms with E-state index in [0.29, 0.717) is 18.1 Å². The van der Waals surface area contributed by atoms with Crippen LogP contribution in [0.4, 0.5) is 5.82 Å². The summed E-state index contributed by atoms with van der Waals surface area (Å²) < 4.78 is 1.94. The van der Waals surface area contributed by atoms with Gasteiger partial charge in [-0.15, -0.1) is 0 Å². The van der Waals surface area contributed by atoms with Crippen LogP contribution in [-0.2, 0) is 13.1 Å². The minimum absolute atomic E-state index is 0.155. The Morgan fingerprint density at radius 1 is 1.08 bits per heavy atom. The van der Waals surface area contributed by atoms with Gasteiger partial charge in [0.05, 0.1) is 17.2 Å². The van der Waals surface area contributed by atoms with Gasteiger partial charge in [-0.25, -0.2) is 9.97 Å². The van der Waals surface area contributed by atoms with Gasteiger partial charge in [0.25, 0.3) is 5.91 Å². The van der Waals surface area contributed by atoms with E-state index in [1.54, 1.807) is 11.9 Å². The highest BCUT2D eigenvalue weighted by Gasteiger charge is 2.23. The molecule has 5 aromatic rings. The number of hydrogen-bond donors (Lipinski definition) is 2. The van der Waals surface area contributed by atoms with E-state index in [1.807, 2.05) is 56.0 Å². The second kappa shape index (κ2) is 9.31. The number of amides is 1. The zero-order valence-corrected chi connectivity index (χ0v) is 22.4. The quantitative estimate of drug-likeness (QED) is 0.345. The molecule has 0 saturated carbocycles. The molecule has 0 aliphatic rings. The summed E-state index contributed by atoms with van der Waals surface area (Å²) in [6, 6.07) is 8.00. The van der Waals surface area contributed by atoms with Crippen LogP contribution in [-0.4, -0.2) is 54.8 Å². The van der Waals surface area contributed by atoms with Crippen LogP contribution in [0, 0.1) is 27.7 Å². The first-order valence-electron chi connectivity index (χ1n) is 12.4. The molecule has 1 amide bonds. The van der Waals surface area contributed by atoms with Crippen LogP contribution in [0.2, 0.25) is 0 Å². The molecule has 3 heterocycles. The SMILES string of the molecule is CCn1ncc(CN(C)C(=O)c2nc(-c3cc4c(NC)n[nH]c4c(C)c3C)nc3ccc(C)cc23)c1C. The third-order valence-electron chi connectivity index (χ3n) is 7.22. The Balaban J connectivity index is 1.65. The number of aryl methyl sites for hydroxylation is 3. The van der Waals surface area contributed by atoms with Crippen molar-refractivity contribution in [3.05, 3.63) is 64.1 Å². The third kappa shape index (κ3) is 4.10. The summed E-state index contributed by atoms with van der Waals surface area (Å²) in [6.07, 6.45) is 1.84. The molecular formula is C28H32N8O. The average molecular weight is 497 g/mol. The highest BCUT2D eigenvalue weighted by molar-refractivity contribution is 6.05. The molecule has 2 N–H and O–H groups in total. The van der Waals surface area contributed by atoms with Crippen molar-refractivity contribution < 1.29 is 4.79 Å². The number of rotatable bonds is 6. The van der Waals surface area contributed by atoms with Crippen molar-refractivity contribution in [3.63, 3.8) is 0 Å². The predicted molar refractivity (Wildman–Crippen MR) is 147 cm³/mol. The minimum Gasteiger partial charge on any atom is -0.371 e. The number of carbonyl (C=O) groups is 1. The van der Waals surface area contributed by atoms with E-state index in [1.165, 1.54) is 0 Å². The van der Waals surface area contributed by atoms with Crippen molar-refractivity contribution in [3.8, 4) is 11.4 Å². The number of aromatic nitrogens is 6. The van der Waals surface area contributed by atoms with Crippen molar-refractivity contribution in [2.45, 2.75) is 47.7 Å². The molecule has 0 bridgehead atoms. The van der Waals surface area contributed by atoms with E-state index >= 15 is 0 Å². The molecule has 9 nitrogen and oxygen atoms in total. The number of nitrogens with one attached hydrogen (secondary N) is 2. The Labute approximate surface area is 215 Å². The van der Waals surface area contributed by atoms with Gasteiger partial charge in [0.15, 0.2) is 11.6 Å². The van der Waals surface area contributed by atoms with Gasteiger partial charge >= 0.3 is 0 Å². The van der Waals surface area contributed by atoms with Crippen LogP contribution in [0.5, 0.6) is 0 Å². The van der Waals surface area contributed by atoms with Crippen LogP contribution < -0.4 is 5.32 Å². The van der Waals surface area contributed by atoms with E-state index in [0.717, 1.165) is 67.7 Å². The molecule has 0 atom stereocenters. The molecule has 9 heteroatoms. The number of carbonyl (C=O) groups excluding carboxylic acids is 1. The van der Waals surface area contributed by atoms with Crippen molar-refractivity contribution >= 4 is 33.5 Å². The van der Waals surface area contributed by atoms with Gasteiger partial charge in [0.2, 0.25) is 0 Å². The number of benzene rings is 2. The van der Waals surface area contributed by atoms with Crippen molar-refractivity contribution in [1.29, 1.82) is 0 Å². The fourth-order valence-electron chi connectivity index (χ4n) is 4.84. The Bertz CT molecular complexity index is 1660. The van der Waals surface area contributed by atoms with Gasteiger partial charge < -0.3 is 10.2 Å². The summed E-state index contributed by atoms with van der Waals surface area (Å²) in [4.78, 5) is 25.4. The smallest absolute Gasteiger partial charge is 0.273 e. The topological polar surface area (TPSA) is 105 Å². The molecule has 3 aromatic heterocycles. The molecule has 2 aromatic carbocycles. The van der Waals surface area contributed by atoms with Gasteiger partial charge in [-0.2, -0.15) is 10.2 Å². The highest BCUT2D eigenvalue weighted by atomic mass is 16.2. The minimum atomic E-state index is -0.155. The summed E-state index contributed by atoms with van der Waals surface area (Å²) in [7, 11) is 3.65. The lowest BCUT2D eigenvalue weighted by Crippen LogP contribution is -2.28. The van der Waals surface area contributed by atoms with Crippen LogP contribution in [0.15, 0.2) is 30.5 Å². The van der Waals surface area contributed by atoms with Crippen LogP contribution in [0.1, 0.15) is 45.4 Å². The van der Waals surface area contributed by atoms with Crippen LogP contribution >= 0.6 is 0 Å². The Morgan fingerprint density at radius 3 is 2.57 bits per heavy atom. The zero-order chi connectivity index (χ0) is 26.4. The molecule has 0 aliphatic carbocycles. The van der Waals surface area contributed by atoms with Crippen LogP contribution in [0.25, 0.3) is 33.2 Å². The molecule has 0 saturated heterocycles. The summed E-state index contributed by atoms with van der Waals surface area (Å²) in [5.41, 5.74) is 8.22. The van der Waals surface area contributed by atoms with E-state index in [-0.39, 0.29) is 5.91 Å². The third-order valence-corrected chi connectivity index (χ3v) is 7.22. The Morgan fingerprint density at radius 2 is 1.86 bits per heavy atom. The van der Waals surface area contributed by atoms with E-state index in [9.17, 15) is 4.79 Å². The molecule has 0 fully saturated rings. The summed E-state index contributed by atoms with van der Waals surface area (Å²) in [6.45, 7) is 11.4. The van der Waals surface area contributed by atoms with Gasteiger partial charge in [0, 0.05) is 54.8 Å². The lowest BCUT2D eigenvalue weighted by Gasteiger charge is -2.19. The van der Waals surface area contributed by atoms with Gasteiger partial charge in [-0.3, -0.25) is 14.6 Å². The lowest BCUT2D eigenvalue weighted by atomic mass is 9.98. The summed E-state index contributed by atoms with van der Waals surface area (Å²) in [5.74, 6) is 1.13. The van der Waals surface area contributed by atoms with E-state index in [2.05, 4.69) is 41.4 Å². The molecule has 190 valence electrons. The molecular weight excluding hydrogens is 464 g/mol. The number of nitrogens with zero attached hydrogens (tertiary/aromatic N) is 6. The van der Waals surface area contributed by atoms with Gasteiger partial charge in [0.1, 0.15) is 5.69 Å². The molecule has 5 rings (SSSR count). The monoisotopic (exact) mass is 496 g/mol. The molecule has 0 aliphatic heterocycles. The summed E-state index contributed by atoms with van der Waals surface area (Å²) in [5, 5.41) is 16.8. The molecule has 0 radical (unpaired) electrons. The second-order valence-electron chi connectivity index (χ2n) is 9.57. The van der Waals surface area contributed by atoms with Crippen molar-refractivity contribution in [1.82, 2.24) is 34.8 Å². The number of H-pyrrole nitrogens is 1. The largest absolute Gasteiger partial charge is 0.371 e. The standard InChI is InChI=1S/C28H32N8O/c1-8-36-18(5)19(13-30-36)14-35(7)28(37)25-21-11-15(2)9-10-23(21)31-27(32-25)20-12-22-24(17(4)16(20)3)33-34-26(22)29-6/h9-13H,8,14H2,1-7H3,(H2,29,33,34). The first-order chi connectivity index (χ1) is 17.7. The van der Waals surface area contributed by atoms with Gasteiger partial charge in [-0.1, -0.05) is 11.6 Å². The Kier molecular flexibility index (Phi) is 6.15. The normalized spacial score (nSPS) is 11.4. The number of aromatic amines is 1. The fourth-order valence-corrected chi connectivity index (χ4v) is 4.84. The van der Waals surface area contributed by atoms with E-state index in [4.69, 9.17) is 9.97 Å². The predicted octanol–water partition coefficient (Wildman–Crippen LogP) is 4.94. The van der Waals surface area contributed by atoms with Crippen molar-refractivity contribution in [2.75, 3.05) is 19.4 Å². The maximum atomic E-state index is 13.9. The summed E-state index contributed by atoms with van der Waals surface area (Å²) >= 11 is 0. The first kappa shape index (κ1) is 24.4. The van der Waals surface area contributed by atoms with E-state index < -0.39 is 0 Å². The van der Waals surface area contributed by atoms with Crippen LogP contribution in [0.3, 0.4) is 0 Å². The highest BCUT2D eigenvalue weighted by Crippen LogP contribution is 2.34. The average Bonchev–Trinajstić information content (AvgIpc) is 3.47. The first-order valence-corrected chi connectivity index (χ1v) is 12.4. The lowest BCUT2D eigenvalue weighted by molar-refractivity contribution is 0.0781. The molecule has 0 unspecified atom stereocenters. The molecule has 0 spiro atoms. The number of hydrogen-bond acceptors (Lipinski definition) is 6.